The van der Waals surface area contributed by atoms with Crippen molar-refractivity contribution in [1.82, 2.24) is 15.5 Å². The van der Waals surface area contributed by atoms with Crippen molar-refractivity contribution in [1.29, 1.82) is 0 Å². The van der Waals surface area contributed by atoms with Gasteiger partial charge < -0.3 is 9.73 Å². The molecule has 0 radical (unpaired) electrons. The van der Waals surface area contributed by atoms with Crippen LogP contribution in [0.25, 0.3) is 11.5 Å². The van der Waals surface area contributed by atoms with Crippen LogP contribution in [0.2, 0.25) is 0 Å². The summed E-state index contributed by atoms with van der Waals surface area (Å²) in [5, 5.41) is 21.6. The lowest BCUT2D eigenvalue weighted by Gasteiger charge is -2.07. The molecule has 1 heterocycles. The first kappa shape index (κ1) is 13.2. The van der Waals surface area contributed by atoms with Crippen molar-refractivity contribution in [3.63, 3.8) is 0 Å². The van der Waals surface area contributed by atoms with E-state index in [2.05, 4.69) is 15.5 Å². The number of nitro groups is 1. The zero-order valence-corrected chi connectivity index (χ0v) is 10.7. The Kier molecular flexibility index (Phi) is 3.86. The molecule has 2 rings (SSSR count). The summed E-state index contributed by atoms with van der Waals surface area (Å²) in [5.41, 5.74) is 0.695. The lowest BCUT2D eigenvalue weighted by Crippen LogP contribution is -2.15. The number of nitrogens with one attached hydrogen (secondary N) is 1. The Morgan fingerprint density at radius 1 is 1.37 bits per heavy atom. The van der Waals surface area contributed by atoms with Gasteiger partial charge in [0, 0.05) is 17.7 Å². The first-order chi connectivity index (χ1) is 9.15. The molecule has 7 heteroatoms. The average Bonchev–Trinajstić information content (AvgIpc) is 2.90. The van der Waals surface area contributed by atoms with Gasteiger partial charge in [-0.15, -0.1) is 10.2 Å². The molecule has 0 aliphatic rings. The van der Waals surface area contributed by atoms with Crippen molar-refractivity contribution in [2.24, 2.45) is 0 Å². The normalized spacial score (nSPS) is 12.3. The van der Waals surface area contributed by atoms with Crippen molar-refractivity contribution >= 4 is 5.69 Å². The standard InChI is InChI=1S/C12H14N4O3/c1-3-10(13-2)12-15-14-11(19-12)8-4-6-9(7-5-8)16(17)18/h4-7,10,13H,3H2,1-2H3. The number of aromatic nitrogens is 2. The largest absolute Gasteiger partial charge is 0.419 e. The molecule has 1 atom stereocenters. The number of non-ortho nitro benzene ring substituents is 1. The number of nitro benzene ring substituents is 1. The predicted molar refractivity (Wildman–Crippen MR) is 68.5 cm³/mol. The molecule has 100 valence electrons. The summed E-state index contributed by atoms with van der Waals surface area (Å²) >= 11 is 0. The minimum absolute atomic E-state index is 0.0132. The van der Waals surface area contributed by atoms with E-state index in [1.165, 1.54) is 12.1 Å². The van der Waals surface area contributed by atoms with Crippen LogP contribution in [0.3, 0.4) is 0 Å². The van der Waals surface area contributed by atoms with Gasteiger partial charge in [-0.25, -0.2) is 0 Å². The highest BCUT2D eigenvalue weighted by atomic mass is 16.6. The van der Waals surface area contributed by atoms with Crippen molar-refractivity contribution in [3.05, 3.63) is 40.3 Å². The third-order valence-electron chi connectivity index (χ3n) is 2.82. The van der Waals surface area contributed by atoms with Gasteiger partial charge in [-0.3, -0.25) is 10.1 Å². The molecule has 1 aromatic heterocycles. The summed E-state index contributed by atoms with van der Waals surface area (Å²) in [6, 6.07) is 6.02. The third kappa shape index (κ3) is 2.76. The Morgan fingerprint density at radius 3 is 2.58 bits per heavy atom. The van der Waals surface area contributed by atoms with Crippen LogP contribution in [0.4, 0.5) is 5.69 Å². The van der Waals surface area contributed by atoms with E-state index < -0.39 is 4.92 Å². The van der Waals surface area contributed by atoms with E-state index in [0.29, 0.717) is 17.3 Å². The fraction of sp³-hybridized carbons (Fsp3) is 0.333. The molecule has 0 aliphatic heterocycles. The van der Waals surface area contributed by atoms with E-state index in [0.717, 1.165) is 6.42 Å². The second-order valence-corrected chi connectivity index (χ2v) is 4.00. The third-order valence-corrected chi connectivity index (χ3v) is 2.82. The highest BCUT2D eigenvalue weighted by Gasteiger charge is 2.16. The lowest BCUT2D eigenvalue weighted by atomic mass is 10.2. The molecule has 1 unspecified atom stereocenters. The Balaban J connectivity index is 2.25. The molecule has 1 N–H and O–H groups in total. The molecular formula is C12H14N4O3. The summed E-state index contributed by atoms with van der Waals surface area (Å²) in [4.78, 5) is 10.1. The minimum atomic E-state index is -0.447. The van der Waals surface area contributed by atoms with E-state index in [-0.39, 0.29) is 11.7 Å². The van der Waals surface area contributed by atoms with Crippen LogP contribution in [-0.2, 0) is 0 Å². The van der Waals surface area contributed by atoms with Crippen LogP contribution in [0.5, 0.6) is 0 Å². The van der Waals surface area contributed by atoms with Crippen LogP contribution in [0, 0.1) is 10.1 Å². The minimum Gasteiger partial charge on any atom is -0.419 e. The maximum Gasteiger partial charge on any atom is 0.269 e. The molecular weight excluding hydrogens is 248 g/mol. The predicted octanol–water partition coefficient (Wildman–Crippen LogP) is 2.32. The van der Waals surface area contributed by atoms with Gasteiger partial charge >= 0.3 is 0 Å². The van der Waals surface area contributed by atoms with Gasteiger partial charge in [-0.2, -0.15) is 0 Å². The molecule has 0 fully saturated rings. The van der Waals surface area contributed by atoms with Gasteiger partial charge in [0.05, 0.1) is 11.0 Å². The fourth-order valence-corrected chi connectivity index (χ4v) is 1.72. The second-order valence-electron chi connectivity index (χ2n) is 4.00. The number of hydrogen-bond donors (Lipinski definition) is 1. The van der Waals surface area contributed by atoms with Crippen LogP contribution >= 0.6 is 0 Å². The summed E-state index contributed by atoms with van der Waals surface area (Å²) in [6.07, 6.45) is 0.832. The van der Waals surface area contributed by atoms with Gasteiger partial charge in [0.15, 0.2) is 0 Å². The topological polar surface area (TPSA) is 94.1 Å². The zero-order chi connectivity index (χ0) is 13.8. The van der Waals surface area contributed by atoms with Crippen molar-refractivity contribution in [2.75, 3.05) is 7.05 Å². The number of hydrogen-bond acceptors (Lipinski definition) is 6. The smallest absolute Gasteiger partial charge is 0.269 e. The van der Waals surface area contributed by atoms with E-state index in [4.69, 9.17) is 4.42 Å². The molecule has 19 heavy (non-hydrogen) atoms. The molecule has 2 aromatic rings. The van der Waals surface area contributed by atoms with Gasteiger partial charge in [0.25, 0.3) is 5.69 Å². The summed E-state index contributed by atoms with van der Waals surface area (Å²) in [6.45, 7) is 2.01. The van der Waals surface area contributed by atoms with E-state index in [1.54, 1.807) is 12.1 Å². The number of benzene rings is 1. The first-order valence-corrected chi connectivity index (χ1v) is 5.91. The highest BCUT2D eigenvalue weighted by Crippen LogP contribution is 2.23. The molecule has 1 aromatic carbocycles. The van der Waals surface area contributed by atoms with Crippen LogP contribution in [0.15, 0.2) is 28.7 Å². The van der Waals surface area contributed by atoms with Gasteiger partial charge in [-0.1, -0.05) is 6.92 Å². The highest BCUT2D eigenvalue weighted by molar-refractivity contribution is 5.55. The van der Waals surface area contributed by atoms with Crippen molar-refractivity contribution < 1.29 is 9.34 Å². The first-order valence-electron chi connectivity index (χ1n) is 5.91. The summed E-state index contributed by atoms with van der Waals surface area (Å²) < 4.78 is 5.56. The maximum absolute atomic E-state index is 10.6. The molecule has 0 saturated carbocycles. The summed E-state index contributed by atoms with van der Waals surface area (Å²) in [7, 11) is 1.82. The SMILES string of the molecule is CCC(NC)c1nnc(-c2ccc([N+](=O)[O-])cc2)o1. The molecule has 7 nitrogen and oxygen atoms in total. The van der Waals surface area contributed by atoms with Crippen LogP contribution in [-0.4, -0.2) is 22.2 Å². The number of nitrogens with zero attached hydrogens (tertiary/aromatic N) is 3. The monoisotopic (exact) mass is 262 g/mol. The fourth-order valence-electron chi connectivity index (χ4n) is 1.72. The van der Waals surface area contributed by atoms with Crippen LogP contribution < -0.4 is 5.32 Å². The van der Waals surface area contributed by atoms with Crippen LogP contribution in [0.1, 0.15) is 25.3 Å². The maximum atomic E-state index is 10.6. The Bertz CT molecular complexity index is 561. The van der Waals surface area contributed by atoms with Gasteiger partial charge in [0.1, 0.15) is 0 Å². The quantitative estimate of drug-likeness (QED) is 0.656. The lowest BCUT2D eigenvalue weighted by molar-refractivity contribution is -0.384. The molecule has 0 spiro atoms. The molecule has 0 bridgehead atoms. The van der Waals surface area contributed by atoms with E-state index >= 15 is 0 Å². The second kappa shape index (κ2) is 5.57. The van der Waals surface area contributed by atoms with Crippen molar-refractivity contribution in [2.45, 2.75) is 19.4 Å². The molecule has 0 saturated heterocycles. The average molecular weight is 262 g/mol. The molecule has 0 amide bonds. The summed E-state index contributed by atoms with van der Waals surface area (Å²) in [5.74, 6) is 0.872. The van der Waals surface area contributed by atoms with E-state index in [1.807, 2.05) is 14.0 Å². The Hall–Kier alpha value is -2.28. The van der Waals surface area contributed by atoms with Gasteiger partial charge in [0.2, 0.25) is 11.8 Å². The van der Waals surface area contributed by atoms with Crippen molar-refractivity contribution in [3.8, 4) is 11.5 Å². The zero-order valence-electron chi connectivity index (χ0n) is 10.7. The van der Waals surface area contributed by atoms with Gasteiger partial charge in [-0.05, 0) is 25.6 Å². The molecule has 0 aliphatic carbocycles. The van der Waals surface area contributed by atoms with E-state index in [9.17, 15) is 10.1 Å². The Morgan fingerprint density at radius 2 is 2.05 bits per heavy atom. The number of rotatable bonds is 5. The Labute approximate surface area is 109 Å².